The Balaban J connectivity index is 0.00000964. The molecule has 1 unspecified atom stereocenters. The molecule has 8 bridgehead atoms. The second kappa shape index (κ2) is 27.9. The van der Waals surface area contributed by atoms with Gasteiger partial charge in [0, 0.05) is 28.9 Å². The molecule has 0 radical (unpaired) electrons. The van der Waals surface area contributed by atoms with Gasteiger partial charge in [-0.1, -0.05) is 238 Å². The summed E-state index contributed by atoms with van der Waals surface area (Å²) in [5, 5.41) is 9.78. The number of aromatic nitrogens is 4. The number of benzene rings is 5. The first-order chi connectivity index (χ1) is 44.2. The molecule has 0 fully saturated rings. The van der Waals surface area contributed by atoms with Crippen LogP contribution in [0.2, 0.25) is 0 Å². The maximum atomic E-state index is 12.9. The Hall–Kier alpha value is -8.38. The van der Waals surface area contributed by atoms with Crippen molar-refractivity contribution >= 4 is 75.4 Å². The number of hydrogen-bond acceptors (Lipinski definition) is 6. The van der Waals surface area contributed by atoms with Crippen LogP contribution in [-0.4, -0.2) is 27.0 Å². The second-order valence-electron chi connectivity index (χ2n) is 29.8. The smallest absolute Gasteiger partial charge is 0.656 e. The third kappa shape index (κ3) is 15.2. The number of esters is 1. The van der Waals surface area contributed by atoms with Gasteiger partial charge in [-0.25, -0.2) is 9.97 Å². The number of carboxylic acid groups (broad SMARTS) is 1. The van der Waals surface area contributed by atoms with E-state index in [2.05, 4.69) is 235 Å². The third-order valence-electron chi connectivity index (χ3n) is 18.4. The number of aliphatic carboxylic acids is 1. The zero-order chi connectivity index (χ0) is 66.1. The van der Waals surface area contributed by atoms with Gasteiger partial charge in [-0.15, -0.1) is 22.1 Å². The standard InChI is InChI=1S/C84H92N5O4.Zn/c1-15-17-19-21-23-53-26-32-63(33-27-53)89(64-34-28-54(29-35-64)24-22-20-18-16-2)78-73-43-41-71(87-73)76(57-46-59(81(3,4)5)51-60(47-57)82(6,7)8)69-39-37-67(85-69)65(36-30-55-25-31-56-50-66(79(90)91)80(92)93-75(56)45-55)68-38-40-70(86-68)77(72-42-44-74(78)88-72)58-48-61(83(9,10)11)52-62(49-58)84(12,13)14;/h25-29,31-35,37-49,51-52,66H,15-24,50H2,1-14H3,(H2-,85,86,87,88,90,91);/q-1;+2/p-1. The van der Waals surface area contributed by atoms with Crippen LogP contribution in [0.5, 0.6) is 5.75 Å². The van der Waals surface area contributed by atoms with Crippen molar-refractivity contribution in [2.45, 2.75) is 189 Å². The molecule has 3 aromatic heterocycles. The molecule has 3 aliphatic rings. The molecular weight excluding hydrogens is 1210 g/mol. The molecule has 0 saturated heterocycles. The number of rotatable bonds is 16. The van der Waals surface area contributed by atoms with Gasteiger partial charge in [0.2, 0.25) is 0 Å². The summed E-state index contributed by atoms with van der Waals surface area (Å²) in [6.07, 6.45) is 20.1. The maximum absolute atomic E-state index is 12.9. The molecule has 478 valence electrons. The first-order valence-corrected chi connectivity index (χ1v) is 33.7. The van der Waals surface area contributed by atoms with Gasteiger partial charge in [0.15, 0.2) is 5.92 Å². The van der Waals surface area contributed by atoms with Crippen LogP contribution >= 0.6 is 0 Å². The summed E-state index contributed by atoms with van der Waals surface area (Å²) in [6, 6.07) is 46.1. The van der Waals surface area contributed by atoms with Crippen molar-refractivity contribution in [3.8, 4) is 39.8 Å². The van der Waals surface area contributed by atoms with Crippen LogP contribution in [0.1, 0.15) is 221 Å². The van der Waals surface area contributed by atoms with E-state index in [0.29, 0.717) is 33.7 Å². The van der Waals surface area contributed by atoms with Crippen LogP contribution in [0.15, 0.2) is 127 Å². The van der Waals surface area contributed by atoms with Gasteiger partial charge in [-0.3, -0.25) is 9.59 Å². The van der Waals surface area contributed by atoms with Crippen LogP contribution in [0.4, 0.5) is 17.1 Å². The summed E-state index contributed by atoms with van der Waals surface area (Å²) >= 11 is 0. The minimum atomic E-state index is -1.27. The molecule has 11 rings (SSSR count). The van der Waals surface area contributed by atoms with Crippen molar-refractivity contribution < 1.29 is 38.9 Å². The zero-order valence-corrected chi connectivity index (χ0v) is 60.9. The fourth-order valence-corrected chi connectivity index (χ4v) is 12.5. The largest absolute Gasteiger partial charge is 2.00 e. The van der Waals surface area contributed by atoms with E-state index in [1.54, 1.807) is 12.1 Å². The van der Waals surface area contributed by atoms with E-state index < -0.39 is 17.9 Å². The molecule has 1 N–H and O–H groups in total. The Kier molecular flexibility index (Phi) is 20.3. The van der Waals surface area contributed by atoms with Crippen molar-refractivity contribution in [1.29, 1.82) is 0 Å². The minimum absolute atomic E-state index is 0. The molecule has 8 aromatic rings. The fourth-order valence-electron chi connectivity index (χ4n) is 12.5. The van der Waals surface area contributed by atoms with Crippen LogP contribution in [-0.2, 0) is 70.0 Å². The Morgan fingerprint density at radius 3 is 1.43 bits per heavy atom. The molecule has 9 nitrogen and oxygen atoms in total. The number of aryl methyl sites for hydroxylation is 2. The first-order valence-electron chi connectivity index (χ1n) is 33.7. The van der Waals surface area contributed by atoms with Gasteiger partial charge >= 0.3 is 31.4 Å². The quantitative estimate of drug-likeness (QED) is 0.0252. The van der Waals surface area contributed by atoms with E-state index in [-0.39, 0.29) is 47.6 Å². The minimum Gasteiger partial charge on any atom is -0.656 e. The number of nitrogens with zero attached hydrogens (tertiary/aromatic N) is 5. The average Bonchev–Trinajstić information content (AvgIpc) is 1.53. The van der Waals surface area contributed by atoms with Gasteiger partial charge in [0.1, 0.15) is 5.75 Å². The number of carbonyl (C=O) groups is 2. The van der Waals surface area contributed by atoms with Crippen molar-refractivity contribution in [1.82, 2.24) is 19.9 Å². The summed E-state index contributed by atoms with van der Waals surface area (Å²) in [5.41, 5.74) is 20.8. The number of ether oxygens (including phenoxy) is 1. The molecule has 94 heavy (non-hydrogen) atoms. The van der Waals surface area contributed by atoms with Crippen molar-refractivity contribution in [3.05, 3.63) is 200 Å². The first kappa shape index (κ1) is 68.5. The molecule has 3 aliphatic heterocycles. The van der Waals surface area contributed by atoms with Crippen LogP contribution in [0.3, 0.4) is 0 Å². The molecular formula is C84H91N5O4Zn. The number of fused-ring (bicyclic) bond motifs is 9. The van der Waals surface area contributed by atoms with E-state index in [0.717, 1.165) is 98.6 Å². The van der Waals surface area contributed by atoms with Crippen LogP contribution < -0.4 is 19.6 Å². The fraction of sp³-hybridized carbons (Fsp3) is 0.357. The second-order valence-corrected chi connectivity index (χ2v) is 29.8. The van der Waals surface area contributed by atoms with Crippen molar-refractivity contribution in [2.24, 2.45) is 5.92 Å². The molecule has 0 saturated carbocycles. The number of hydrogen-bond donors (Lipinski definition) is 1. The molecule has 1 atom stereocenters. The molecule has 10 heteroatoms. The third-order valence-corrected chi connectivity index (χ3v) is 18.4. The van der Waals surface area contributed by atoms with E-state index in [9.17, 15) is 14.7 Å². The predicted molar refractivity (Wildman–Crippen MR) is 386 cm³/mol. The van der Waals surface area contributed by atoms with E-state index in [4.69, 9.17) is 24.7 Å². The number of carboxylic acids is 1. The van der Waals surface area contributed by atoms with Crippen LogP contribution in [0.25, 0.3) is 68.6 Å². The summed E-state index contributed by atoms with van der Waals surface area (Å²) in [7, 11) is 0. The number of anilines is 3. The van der Waals surface area contributed by atoms with E-state index >= 15 is 0 Å². The van der Waals surface area contributed by atoms with Crippen molar-refractivity contribution in [2.75, 3.05) is 4.90 Å². The van der Waals surface area contributed by atoms with Gasteiger partial charge in [0.25, 0.3) is 0 Å². The van der Waals surface area contributed by atoms with Gasteiger partial charge in [-0.05, 0) is 169 Å². The summed E-state index contributed by atoms with van der Waals surface area (Å²) in [5.74, 6) is 3.97. The molecule has 0 aliphatic carbocycles. The summed E-state index contributed by atoms with van der Waals surface area (Å²) in [4.78, 5) is 50.2. The van der Waals surface area contributed by atoms with Gasteiger partial charge in [-0.2, -0.15) is 0 Å². The number of carbonyl (C=O) groups excluding carboxylic acids is 1. The van der Waals surface area contributed by atoms with Crippen molar-refractivity contribution in [3.63, 3.8) is 0 Å². The van der Waals surface area contributed by atoms with Gasteiger partial charge < -0.3 is 24.7 Å². The normalized spacial score (nSPS) is 13.9. The predicted octanol–water partition coefficient (Wildman–Crippen LogP) is 20.7. The summed E-state index contributed by atoms with van der Waals surface area (Å²) < 4.78 is 5.63. The monoisotopic (exact) mass is 1300 g/mol. The maximum Gasteiger partial charge on any atom is 2.00 e. The van der Waals surface area contributed by atoms with Crippen LogP contribution in [0, 0.1) is 17.8 Å². The molecule has 6 heterocycles. The Morgan fingerprint density at radius 2 is 0.957 bits per heavy atom. The zero-order valence-electron chi connectivity index (χ0n) is 57.9. The number of unbranched alkanes of at least 4 members (excludes halogenated alkanes) is 6. The van der Waals surface area contributed by atoms with E-state index in [1.807, 2.05) is 18.2 Å². The molecule has 0 spiro atoms. The molecule has 0 amide bonds. The van der Waals surface area contributed by atoms with E-state index in [1.165, 1.54) is 71.9 Å². The van der Waals surface area contributed by atoms with Gasteiger partial charge in [0.05, 0.1) is 28.5 Å². The Morgan fingerprint density at radius 1 is 0.521 bits per heavy atom. The average molecular weight is 1300 g/mol. The topological polar surface area (TPSA) is 121 Å². The Labute approximate surface area is 570 Å². The molecule has 5 aromatic carbocycles. The Bertz CT molecular complexity index is 4270. The SMILES string of the molecule is CCCCCCc1ccc(N(c2ccc(CCCCCC)cc2)c2c3nc(c(-c4cc(C(C)(C)C)cc(C(C)(C)C)c4)c4ccc([n-]4)c(C#Cc4ccc5c(c4)OC(=O)C(C(=O)O)C5)c4nc(c(-c5cc(C(C)(C)C)cc(C(C)(C)C)c5)c5ccc2[n-]5)C=C4)C=C3)cc1.[Zn+2]. The summed E-state index contributed by atoms with van der Waals surface area (Å²) in [6.45, 7) is 31.7.